The second-order valence-corrected chi connectivity index (χ2v) is 16.9. The highest BCUT2D eigenvalue weighted by atomic mass is 32.2. The van der Waals surface area contributed by atoms with E-state index >= 15 is 0 Å². The van der Waals surface area contributed by atoms with Crippen molar-refractivity contribution in [2.45, 2.75) is 115 Å². The SMILES string of the molecule is C/C=C\c1sc(OC2C[C@@H](C(N)=O)N(C(=O)C(CCCCCCC(C)[C@@H]3C[C@@H]3C(=O)NS(=O)(=O)C3CC3)Nc3ccc(F)cc3)C2)nc1CC. The Hall–Kier alpha value is -3.52. The van der Waals surface area contributed by atoms with Crippen molar-refractivity contribution in [3.05, 3.63) is 46.7 Å². The van der Waals surface area contributed by atoms with Gasteiger partial charge in [-0.25, -0.2) is 17.8 Å². The number of thiazole rings is 1. The number of hydrogen-bond acceptors (Lipinski definition) is 9. The third kappa shape index (κ3) is 9.83. The average molecular weight is 732 g/mol. The Morgan fingerprint density at radius 2 is 1.82 bits per heavy atom. The van der Waals surface area contributed by atoms with E-state index in [0.29, 0.717) is 36.1 Å². The van der Waals surface area contributed by atoms with Gasteiger partial charge in [-0.15, -0.1) is 0 Å². The number of allylic oxidation sites excluding steroid dienone is 1. The van der Waals surface area contributed by atoms with Crippen molar-refractivity contribution in [1.29, 1.82) is 0 Å². The van der Waals surface area contributed by atoms with E-state index in [2.05, 4.69) is 21.9 Å². The predicted molar refractivity (Wildman–Crippen MR) is 192 cm³/mol. The third-order valence-electron chi connectivity index (χ3n) is 10.0. The van der Waals surface area contributed by atoms with Crippen LogP contribution in [0.25, 0.3) is 6.08 Å². The van der Waals surface area contributed by atoms with E-state index in [1.807, 2.05) is 26.0 Å². The molecule has 0 radical (unpaired) electrons. The maximum Gasteiger partial charge on any atom is 0.274 e. The molecular weight excluding hydrogens is 682 g/mol. The molecule has 3 unspecified atom stereocenters. The van der Waals surface area contributed by atoms with Crippen LogP contribution in [0.3, 0.4) is 0 Å². The fourth-order valence-corrected chi connectivity index (χ4v) is 9.27. The van der Waals surface area contributed by atoms with E-state index < -0.39 is 39.4 Å². The molecule has 2 heterocycles. The highest BCUT2D eigenvalue weighted by Gasteiger charge is 2.48. The van der Waals surface area contributed by atoms with Gasteiger partial charge in [0.05, 0.1) is 22.4 Å². The smallest absolute Gasteiger partial charge is 0.274 e. The molecule has 50 heavy (non-hydrogen) atoms. The van der Waals surface area contributed by atoms with Crippen LogP contribution in [0.1, 0.15) is 95.6 Å². The minimum atomic E-state index is -3.52. The van der Waals surface area contributed by atoms with Crippen molar-refractivity contribution in [3.63, 3.8) is 0 Å². The summed E-state index contributed by atoms with van der Waals surface area (Å²) in [7, 11) is -3.52. The average Bonchev–Trinajstić information content (AvgIpc) is 4.00. The summed E-state index contributed by atoms with van der Waals surface area (Å²) in [5.41, 5.74) is 7.32. The van der Waals surface area contributed by atoms with Gasteiger partial charge in [-0.2, -0.15) is 0 Å². The molecule has 6 atom stereocenters. The zero-order valence-electron chi connectivity index (χ0n) is 29.1. The number of aryl methyl sites for hydroxylation is 1. The topological polar surface area (TPSA) is 161 Å². The minimum Gasteiger partial charge on any atom is -0.465 e. The summed E-state index contributed by atoms with van der Waals surface area (Å²) in [6.07, 6.45) is 11.4. The summed E-state index contributed by atoms with van der Waals surface area (Å²) in [6.45, 7) is 6.28. The van der Waals surface area contributed by atoms with Crippen LogP contribution in [0.15, 0.2) is 30.3 Å². The van der Waals surface area contributed by atoms with Crippen molar-refractivity contribution in [1.82, 2.24) is 14.6 Å². The Morgan fingerprint density at radius 1 is 1.12 bits per heavy atom. The van der Waals surface area contributed by atoms with Crippen LogP contribution in [0.5, 0.6) is 5.19 Å². The third-order valence-corrected chi connectivity index (χ3v) is 12.8. The van der Waals surface area contributed by atoms with Crippen molar-refractivity contribution >= 4 is 50.8 Å². The van der Waals surface area contributed by atoms with Crippen molar-refractivity contribution in [3.8, 4) is 5.19 Å². The molecule has 2 aromatic rings. The number of unbranched alkanes of at least 4 members (excludes halogenated alkanes) is 3. The summed E-state index contributed by atoms with van der Waals surface area (Å²) in [4.78, 5) is 46.2. The Balaban J connectivity index is 1.13. The van der Waals surface area contributed by atoms with Crippen LogP contribution in [0, 0.1) is 23.6 Å². The molecule has 2 saturated carbocycles. The molecule has 11 nitrogen and oxygen atoms in total. The summed E-state index contributed by atoms with van der Waals surface area (Å²) in [6, 6.07) is 4.34. The van der Waals surface area contributed by atoms with Crippen LogP contribution < -0.4 is 20.5 Å². The van der Waals surface area contributed by atoms with Gasteiger partial charge in [-0.05, 0) is 81.2 Å². The summed E-state index contributed by atoms with van der Waals surface area (Å²) in [5.74, 6) is -1.31. The lowest BCUT2D eigenvalue weighted by molar-refractivity contribution is -0.138. The number of anilines is 1. The first-order valence-electron chi connectivity index (χ1n) is 17.9. The van der Waals surface area contributed by atoms with E-state index in [4.69, 9.17) is 10.5 Å². The summed E-state index contributed by atoms with van der Waals surface area (Å²) >= 11 is 1.43. The monoisotopic (exact) mass is 731 g/mol. The molecule has 14 heteroatoms. The number of likely N-dealkylation sites (tertiary alicyclic amines) is 1. The van der Waals surface area contributed by atoms with Crippen molar-refractivity contribution < 1.29 is 31.9 Å². The van der Waals surface area contributed by atoms with Gasteiger partial charge in [0.2, 0.25) is 27.7 Å². The predicted octanol–water partition coefficient (Wildman–Crippen LogP) is 5.41. The van der Waals surface area contributed by atoms with Gasteiger partial charge in [-0.3, -0.25) is 19.1 Å². The van der Waals surface area contributed by atoms with Gasteiger partial charge >= 0.3 is 0 Å². The lowest BCUT2D eigenvalue weighted by Crippen LogP contribution is -2.49. The first kappa shape index (κ1) is 37.7. The lowest BCUT2D eigenvalue weighted by Gasteiger charge is -2.28. The van der Waals surface area contributed by atoms with Gasteiger partial charge < -0.3 is 20.7 Å². The molecule has 2 aliphatic carbocycles. The summed E-state index contributed by atoms with van der Waals surface area (Å²) in [5, 5.41) is 3.35. The van der Waals surface area contributed by atoms with Gasteiger partial charge in [0.1, 0.15) is 24.0 Å². The van der Waals surface area contributed by atoms with Crippen LogP contribution in [0.2, 0.25) is 0 Å². The van der Waals surface area contributed by atoms with E-state index in [-0.39, 0.29) is 42.4 Å². The fraction of sp³-hybridized carbons (Fsp3) is 0.611. The molecule has 3 aliphatic rings. The number of halogens is 1. The number of carbonyl (C=O) groups excluding carboxylic acids is 3. The molecule has 1 aromatic heterocycles. The van der Waals surface area contributed by atoms with E-state index in [1.54, 1.807) is 12.1 Å². The van der Waals surface area contributed by atoms with Gasteiger partial charge in [-0.1, -0.05) is 63.4 Å². The van der Waals surface area contributed by atoms with Crippen molar-refractivity contribution in [2.75, 3.05) is 11.9 Å². The number of rotatable bonds is 19. The quantitative estimate of drug-likeness (QED) is 0.162. The highest BCUT2D eigenvalue weighted by molar-refractivity contribution is 7.90. The first-order chi connectivity index (χ1) is 23.9. The van der Waals surface area contributed by atoms with Gasteiger partial charge in [0.25, 0.3) is 5.19 Å². The first-order valence-corrected chi connectivity index (χ1v) is 20.2. The maximum absolute atomic E-state index is 14.1. The molecule has 1 saturated heterocycles. The second kappa shape index (κ2) is 16.7. The molecular formula is C36H50FN5O6S2. The standard InChI is InChI=1S/C36H50FN5O6S2/c1-4-10-32-29(5-2)40-36(49-32)48-25-19-31(33(38)43)42(21-25)35(45)30(39-24-15-13-23(37)14-16-24)12-9-7-6-8-11-22(3)27-20-28(27)34(44)41-50(46,47)26-17-18-26/h4,10,13-16,22,25-28,30-31,39H,5-9,11-12,17-21H2,1-3H3,(H2,38,43)(H,41,44)/b10-4-/t22?,25?,27-,28-,30?,31-/m0/s1. The number of primary amides is 1. The van der Waals surface area contributed by atoms with Crippen molar-refractivity contribution in [2.24, 2.45) is 23.5 Å². The molecule has 3 fully saturated rings. The molecule has 1 aliphatic heterocycles. The largest absolute Gasteiger partial charge is 0.465 e. The number of nitrogens with one attached hydrogen (secondary N) is 2. The zero-order valence-corrected chi connectivity index (χ0v) is 30.7. The number of amides is 3. The van der Waals surface area contributed by atoms with Crippen LogP contribution in [0.4, 0.5) is 10.1 Å². The van der Waals surface area contributed by atoms with E-state index in [9.17, 15) is 27.2 Å². The minimum absolute atomic E-state index is 0.193. The number of carbonyl (C=O) groups is 3. The molecule has 3 amide bonds. The zero-order chi connectivity index (χ0) is 36.0. The number of benzene rings is 1. The number of sulfonamides is 1. The number of aromatic nitrogens is 1. The molecule has 5 rings (SSSR count). The van der Waals surface area contributed by atoms with Gasteiger partial charge in [0.15, 0.2) is 0 Å². The van der Waals surface area contributed by atoms with E-state index in [1.165, 1.54) is 28.4 Å². The molecule has 0 spiro atoms. The molecule has 274 valence electrons. The van der Waals surface area contributed by atoms with Gasteiger partial charge in [0, 0.05) is 18.0 Å². The Morgan fingerprint density at radius 3 is 2.46 bits per heavy atom. The lowest BCUT2D eigenvalue weighted by atomic mass is 9.96. The molecule has 4 N–H and O–H groups in total. The Labute approximate surface area is 298 Å². The van der Waals surface area contributed by atoms with Crippen LogP contribution in [-0.2, 0) is 30.8 Å². The molecule has 1 aromatic carbocycles. The number of nitrogens with two attached hydrogens (primary N) is 1. The highest BCUT2D eigenvalue weighted by Crippen LogP contribution is 2.46. The second-order valence-electron chi connectivity index (χ2n) is 13.9. The van der Waals surface area contributed by atoms with Crippen LogP contribution >= 0.6 is 11.3 Å². The summed E-state index contributed by atoms with van der Waals surface area (Å²) < 4.78 is 46.4. The number of ether oxygens (including phenoxy) is 1. The Kier molecular flexibility index (Phi) is 12.6. The number of hydrogen-bond donors (Lipinski definition) is 3. The van der Waals surface area contributed by atoms with E-state index in [0.717, 1.165) is 55.5 Å². The number of nitrogens with zero attached hydrogens (tertiary/aromatic N) is 2. The Bertz CT molecular complexity index is 1640. The fourth-order valence-electron chi connectivity index (χ4n) is 6.87. The normalized spacial score (nSPS) is 23.1. The molecule has 0 bridgehead atoms. The maximum atomic E-state index is 14.1. The van der Waals surface area contributed by atoms with Crippen LogP contribution in [-0.4, -0.2) is 66.0 Å².